The van der Waals surface area contributed by atoms with Crippen LogP contribution in [0.5, 0.6) is 0 Å². The average molecular weight is 357 g/mol. The lowest BCUT2D eigenvalue weighted by Gasteiger charge is -2.14. The molecular weight excluding hydrogens is 340 g/mol. The number of carbonyl (C=O) groups excluding carboxylic acids is 1. The minimum atomic E-state index is -1.09. The van der Waals surface area contributed by atoms with E-state index < -0.39 is 23.1 Å². The van der Waals surface area contributed by atoms with Crippen LogP contribution in [0, 0.1) is 11.6 Å². The molecule has 0 aliphatic heterocycles. The van der Waals surface area contributed by atoms with Crippen LogP contribution in [0.15, 0.2) is 47.4 Å². The Morgan fingerprint density at radius 1 is 1.19 bits per heavy atom. The van der Waals surface area contributed by atoms with Gasteiger partial charge < -0.3 is 9.88 Å². The van der Waals surface area contributed by atoms with Crippen molar-refractivity contribution in [2.75, 3.05) is 0 Å². The number of rotatable bonds is 5. The van der Waals surface area contributed by atoms with E-state index in [1.807, 2.05) is 6.92 Å². The topological polar surface area (TPSA) is 64.0 Å². The summed E-state index contributed by atoms with van der Waals surface area (Å²) in [5, 5.41) is 2.93. The monoisotopic (exact) mass is 357 g/mol. The standard InChI is InChI=1S/C19H17F2N3O2/c1-2-7-24-17(18(25)23-11-13-5-3-4-6-22-13)9-12-8-15(20)16(21)10-14(12)19(24)26/h3-6,8-10H,2,7,11H2,1H3,(H,23,25). The van der Waals surface area contributed by atoms with Gasteiger partial charge in [0.1, 0.15) is 5.69 Å². The van der Waals surface area contributed by atoms with Gasteiger partial charge in [-0.3, -0.25) is 14.6 Å². The van der Waals surface area contributed by atoms with Crippen LogP contribution in [0.25, 0.3) is 10.8 Å². The highest BCUT2D eigenvalue weighted by Gasteiger charge is 2.17. The number of nitrogens with zero attached hydrogens (tertiary/aromatic N) is 2. The lowest BCUT2D eigenvalue weighted by Crippen LogP contribution is -2.32. The van der Waals surface area contributed by atoms with Gasteiger partial charge in [-0.15, -0.1) is 0 Å². The molecular formula is C19H17F2N3O2. The van der Waals surface area contributed by atoms with Gasteiger partial charge in [0.05, 0.1) is 17.6 Å². The first-order valence-corrected chi connectivity index (χ1v) is 8.22. The molecule has 0 aliphatic rings. The second-order valence-electron chi connectivity index (χ2n) is 5.84. The Morgan fingerprint density at radius 3 is 2.65 bits per heavy atom. The molecule has 7 heteroatoms. The van der Waals surface area contributed by atoms with Gasteiger partial charge in [-0.25, -0.2) is 8.78 Å². The minimum Gasteiger partial charge on any atom is -0.345 e. The van der Waals surface area contributed by atoms with Crippen LogP contribution in [-0.4, -0.2) is 15.5 Å². The maximum atomic E-state index is 13.5. The van der Waals surface area contributed by atoms with Crippen LogP contribution in [0.1, 0.15) is 29.5 Å². The third kappa shape index (κ3) is 3.46. The van der Waals surface area contributed by atoms with Crippen molar-refractivity contribution in [1.82, 2.24) is 14.9 Å². The van der Waals surface area contributed by atoms with Crippen LogP contribution in [0.4, 0.5) is 8.78 Å². The lowest BCUT2D eigenvalue weighted by molar-refractivity contribution is 0.0940. The van der Waals surface area contributed by atoms with Crippen molar-refractivity contribution >= 4 is 16.7 Å². The minimum absolute atomic E-state index is 0.0404. The van der Waals surface area contributed by atoms with E-state index in [-0.39, 0.29) is 23.0 Å². The second-order valence-corrected chi connectivity index (χ2v) is 5.84. The number of hydrogen-bond donors (Lipinski definition) is 1. The van der Waals surface area contributed by atoms with Crippen molar-refractivity contribution in [2.24, 2.45) is 0 Å². The number of hydrogen-bond acceptors (Lipinski definition) is 3. The van der Waals surface area contributed by atoms with Gasteiger partial charge in [0.2, 0.25) is 0 Å². The van der Waals surface area contributed by atoms with E-state index in [4.69, 9.17) is 0 Å². The van der Waals surface area contributed by atoms with E-state index in [1.165, 1.54) is 10.6 Å². The summed E-state index contributed by atoms with van der Waals surface area (Å²) in [6.07, 6.45) is 2.22. The number of benzene rings is 1. The molecule has 26 heavy (non-hydrogen) atoms. The molecule has 0 bridgehead atoms. The summed E-state index contributed by atoms with van der Waals surface area (Å²) in [6.45, 7) is 2.34. The molecule has 3 rings (SSSR count). The molecule has 0 radical (unpaired) electrons. The highest BCUT2D eigenvalue weighted by molar-refractivity contribution is 5.96. The molecule has 0 spiro atoms. The fraction of sp³-hybridized carbons (Fsp3) is 0.211. The zero-order valence-corrected chi connectivity index (χ0v) is 14.1. The van der Waals surface area contributed by atoms with E-state index in [1.54, 1.807) is 24.4 Å². The summed E-state index contributed by atoms with van der Waals surface area (Å²) >= 11 is 0. The molecule has 5 nitrogen and oxygen atoms in total. The Labute approximate surface area is 148 Å². The fourth-order valence-electron chi connectivity index (χ4n) is 2.74. The number of aromatic nitrogens is 2. The van der Waals surface area contributed by atoms with Crippen LogP contribution in [-0.2, 0) is 13.1 Å². The molecule has 0 unspecified atom stereocenters. The largest absolute Gasteiger partial charge is 0.345 e. The van der Waals surface area contributed by atoms with Crippen molar-refractivity contribution in [3.05, 3.63) is 76.0 Å². The molecule has 1 amide bonds. The first kappa shape index (κ1) is 17.7. The number of halogens is 2. The van der Waals surface area contributed by atoms with E-state index in [2.05, 4.69) is 10.3 Å². The Hall–Kier alpha value is -3.09. The number of amides is 1. The van der Waals surface area contributed by atoms with Gasteiger partial charge in [0.25, 0.3) is 11.5 Å². The van der Waals surface area contributed by atoms with E-state index in [9.17, 15) is 18.4 Å². The number of fused-ring (bicyclic) bond motifs is 1. The number of carbonyl (C=O) groups is 1. The summed E-state index contributed by atoms with van der Waals surface area (Å²) in [7, 11) is 0. The summed E-state index contributed by atoms with van der Waals surface area (Å²) < 4.78 is 28.3. The quantitative estimate of drug-likeness (QED) is 0.763. The summed E-state index contributed by atoms with van der Waals surface area (Å²) in [6, 6.07) is 8.53. The normalized spacial score (nSPS) is 10.9. The van der Waals surface area contributed by atoms with Crippen molar-refractivity contribution in [1.29, 1.82) is 0 Å². The van der Waals surface area contributed by atoms with Gasteiger partial charge in [0.15, 0.2) is 11.6 Å². The van der Waals surface area contributed by atoms with Crippen LogP contribution in [0.3, 0.4) is 0 Å². The van der Waals surface area contributed by atoms with Gasteiger partial charge >= 0.3 is 0 Å². The molecule has 2 heterocycles. The van der Waals surface area contributed by atoms with E-state index >= 15 is 0 Å². The third-order valence-corrected chi connectivity index (χ3v) is 3.99. The van der Waals surface area contributed by atoms with Crippen LogP contribution < -0.4 is 10.9 Å². The molecule has 1 aromatic carbocycles. The van der Waals surface area contributed by atoms with E-state index in [0.717, 1.165) is 12.1 Å². The predicted molar refractivity (Wildman–Crippen MR) is 93.8 cm³/mol. The Morgan fingerprint density at radius 2 is 1.96 bits per heavy atom. The van der Waals surface area contributed by atoms with Gasteiger partial charge in [-0.2, -0.15) is 0 Å². The van der Waals surface area contributed by atoms with E-state index in [0.29, 0.717) is 18.7 Å². The smallest absolute Gasteiger partial charge is 0.268 e. The van der Waals surface area contributed by atoms with Gasteiger partial charge in [0, 0.05) is 12.7 Å². The first-order valence-electron chi connectivity index (χ1n) is 8.22. The third-order valence-electron chi connectivity index (χ3n) is 3.99. The summed E-state index contributed by atoms with van der Waals surface area (Å²) in [5.74, 6) is -2.64. The maximum absolute atomic E-state index is 13.5. The molecule has 1 N–H and O–H groups in total. The van der Waals surface area contributed by atoms with Gasteiger partial charge in [-0.1, -0.05) is 13.0 Å². The zero-order valence-electron chi connectivity index (χ0n) is 14.1. The number of pyridine rings is 2. The zero-order chi connectivity index (χ0) is 18.7. The summed E-state index contributed by atoms with van der Waals surface area (Å²) in [4.78, 5) is 29.4. The van der Waals surface area contributed by atoms with Crippen LogP contribution in [0.2, 0.25) is 0 Å². The van der Waals surface area contributed by atoms with Crippen molar-refractivity contribution in [3.63, 3.8) is 0 Å². The molecule has 0 fully saturated rings. The highest BCUT2D eigenvalue weighted by atomic mass is 19.2. The number of nitrogens with one attached hydrogen (secondary N) is 1. The Kier molecular flexibility index (Phi) is 5.06. The van der Waals surface area contributed by atoms with Gasteiger partial charge in [-0.05, 0) is 42.1 Å². The second kappa shape index (κ2) is 7.43. The van der Waals surface area contributed by atoms with Crippen LogP contribution >= 0.6 is 0 Å². The molecule has 0 aliphatic carbocycles. The average Bonchev–Trinajstić information content (AvgIpc) is 2.64. The predicted octanol–water partition coefficient (Wildman–Crippen LogP) is 3.01. The van der Waals surface area contributed by atoms with Crippen molar-refractivity contribution in [2.45, 2.75) is 26.4 Å². The fourth-order valence-corrected chi connectivity index (χ4v) is 2.74. The van der Waals surface area contributed by atoms with Crippen molar-refractivity contribution in [3.8, 4) is 0 Å². The molecule has 3 aromatic rings. The maximum Gasteiger partial charge on any atom is 0.268 e. The van der Waals surface area contributed by atoms with Crippen molar-refractivity contribution < 1.29 is 13.6 Å². The SMILES string of the molecule is CCCn1c(C(=O)NCc2ccccn2)cc2cc(F)c(F)cc2c1=O. The summed E-state index contributed by atoms with van der Waals surface area (Å²) in [5.41, 5.74) is 0.247. The molecule has 0 saturated carbocycles. The Bertz CT molecular complexity index is 1020. The first-order chi connectivity index (χ1) is 12.5. The lowest BCUT2D eigenvalue weighted by atomic mass is 10.1. The molecule has 0 saturated heterocycles. The molecule has 0 atom stereocenters. The molecule has 134 valence electrons. The molecule has 2 aromatic heterocycles. The Balaban J connectivity index is 2.02. The highest BCUT2D eigenvalue weighted by Crippen LogP contribution is 2.17.